The van der Waals surface area contributed by atoms with Gasteiger partial charge in [-0.2, -0.15) is 0 Å². The van der Waals surface area contributed by atoms with Gasteiger partial charge in [0.05, 0.1) is 17.0 Å². The van der Waals surface area contributed by atoms with Crippen LogP contribution in [0.25, 0.3) is 11.0 Å². The Morgan fingerprint density at radius 1 is 1.04 bits per heavy atom. The first-order chi connectivity index (χ1) is 11.1. The van der Waals surface area contributed by atoms with E-state index in [1.54, 1.807) is 18.0 Å². The molecule has 1 aliphatic heterocycles. The lowest BCUT2D eigenvalue weighted by atomic mass is 9.98. The van der Waals surface area contributed by atoms with Crippen molar-refractivity contribution >= 4 is 16.9 Å². The highest BCUT2D eigenvalue weighted by molar-refractivity contribution is 5.98. The summed E-state index contributed by atoms with van der Waals surface area (Å²) in [5.41, 5.74) is 2.65. The summed E-state index contributed by atoms with van der Waals surface area (Å²) in [7, 11) is 1.70. The highest BCUT2D eigenvalue weighted by Gasteiger charge is 2.40. The van der Waals surface area contributed by atoms with Crippen LogP contribution < -0.4 is 5.43 Å². The Kier molecular flexibility index (Phi) is 2.88. The zero-order chi connectivity index (χ0) is 16.1. The number of hydrogen-bond donors (Lipinski definition) is 0. The third-order valence-electron chi connectivity index (χ3n) is 4.37. The van der Waals surface area contributed by atoms with Crippen LogP contribution in [0.1, 0.15) is 33.3 Å². The molecule has 4 rings (SSSR count). The van der Waals surface area contributed by atoms with Crippen LogP contribution in [0.3, 0.4) is 0 Å². The van der Waals surface area contributed by atoms with Gasteiger partial charge in [-0.05, 0) is 24.6 Å². The number of fused-ring (bicyclic) bond motifs is 2. The van der Waals surface area contributed by atoms with Crippen molar-refractivity contribution in [3.63, 3.8) is 0 Å². The minimum Gasteiger partial charge on any atom is -0.450 e. The van der Waals surface area contributed by atoms with Crippen molar-refractivity contribution < 1.29 is 9.21 Å². The highest BCUT2D eigenvalue weighted by Crippen LogP contribution is 2.36. The monoisotopic (exact) mass is 305 g/mol. The topological polar surface area (TPSA) is 50.5 Å². The maximum atomic E-state index is 13.0. The van der Waals surface area contributed by atoms with Crippen LogP contribution in [-0.4, -0.2) is 17.9 Å². The van der Waals surface area contributed by atoms with Crippen molar-refractivity contribution in [1.29, 1.82) is 0 Å². The number of nitrogens with zero attached hydrogens (tertiary/aromatic N) is 1. The Bertz CT molecular complexity index is 989. The molecule has 0 unspecified atom stereocenters. The van der Waals surface area contributed by atoms with Crippen LogP contribution in [0, 0.1) is 6.92 Å². The molecule has 0 aliphatic carbocycles. The van der Waals surface area contributed by atoms with E-state index in [9.17, 15) is 9.59 Å². The van der Waals surface area contributed by atoms with Crippen LogP contribution in [-0.2, 0) is 0 Å². The zero-order valence-electron chi connectivity index (χ0n) is 12.9. The Balaban J connectivity index is 2.06. The minimum absolute atomic E-state index is 0.128. The second-order valence-electron chi connectivity index (χ2n) is 5.90. The molecule has 3 aromatic rings. The lowest BCUT2D eigenvalue weighted by Gasteiger charge is -2.20. The molecule has 4 heteroatoms. The third kappa shape index (κ3) is 1.91. The summed E-state index contributed by atoms with van der Waals surface area (Å²) in [6.07, 6.45) is 0. The Morgan fingerprint density at radius 3 is 2.52 bits per heavy atom. The zero-order valence-corrected chi connectivity index (χ0v) is 12.9. The SMILES string of the molecule is Cc1ccc2oc3c(c(=O)c2c1)[C@@H](c1ccccc1)N(C)C3=O. The van der Waals surface area contributed by atoms with E-state index in [-0.39, 0.29) is 17.1 Å². The molecule has 114 valence electrons. The lowest BCUT2D eigenvalue weighted by Crippen LogP contribution is -2.25. The normalized spacial score (nSPS) is 16.9. The van der Waals surface area contributed by atoms with Gasteiger partial charge < -0.3 is 9.32 Å². The van der Waals surface area contributed by atoms with Gasteiger partial charge in [-0.25, -0.2) is 0 Å². The van der Waals surface area contributed by atoms with Gasteiger partial charge in [0, 0.05) is 7.05 Å². The summed E-state index contributed by atoms with van der Waals surface area (Å²) in [6, 6.07) is 14.6. The molecule has 1 aliphatic rings. The summed E-state index contributed by atoms with van der Waals surface area (Å²) in [6.45, 7) is 1.93. The summed E-state index contributed by atoms with van der Waals surface area (Å²) in [4.78, 5) is 27.1. The first kappa shape index (κ1) is 13.8. The second-order valence-corrected chi connectivity index (χ2v) is 5.90. The summed E-state index contributed by atoms with van der Waals surface area (Å²) in [5, 5.41) is 0.521. The molecule has 0 radical (unpaired) electrons. The standard InChI is InChI=1S/C19H15NO3/c1-11-8-9-14-13(10-11)17(21)15-16(12-6-4-3-5-7-12)20(2)19(22)18(15)23-14/h3-10,16H,1-2H3/t16-/m1/s1. The average Bonchev–Trinajstić information content (AvgIpc) is 2.81. The number of rotatable bonds is 1. The van der Waals surface area contributed by atoms with Crippen molar-refractivity contribution in [2.24, 2.45) is 0 Å². The van der Waals surface area contributed by atoms with Gasteiger partial charge >= 0.3 is 0 Å². The number of benzene rings is 2. The molecule has 0 bridgehead atoms. The first-order valence-corrected chi connectivity index (χ1v) is 7.47. The number of hydrogen-bond acceptors (Lipinski definition) is 3. The molecule has 1 amide bonds. The number of carbonyl (C=O) groups is 1. The van der Waals surface area contributed by atoms with Gasteiger partial charge in [0.2, 0.25) is 5.76 Å². The maximum absolute atomic E-state index is 13.0. The fourth-order valence-electron chi connectivity index (χ4n) is 3.23. The Labute approximate surface area is 133 Å². The van der Waals surface area contributed by atoms with E-state index in [1.165, 1.54) is 0 Å². The van der Waals surface area contributed by atoms with E-state index in [0.717, 1.165) is 11.1 Å². The van der Waals surface area contributed by atoms with Gasteiger partial charge in [0.15, 0.2) is 5.43 Å². The largest absolute Gasteiger partial charge is 0.450 e. The molecular weight excluding hydrogens is 290 g/mol. The lowest BCUT2D eigenvalue weighted by molar-refractivity contribution is 0.0771. The van der Waals surface area contributed by atoms with Crippen molar-refractivity contribution in [3.8, 4) is 0 Å². The summed E-state index contributed by atoms with van der Waals surface area (Å²) < 4.78 is 5.78. The van der Waals surface area contributed by atoms with Crippen LogP contribution in [0.5, 0.6) is 0 Å². The molecule has 1 atom stereocenters. The molecule has 1 aromatic heterocycles. The van der Waals surface area contributed by atoms with Gasteiger partial charge in [-0.1, -0.05) is 42.0 Å². The third-order valence-corrected chi connectivity index (χ3v) is 4.37. The smallest absolute Gasteiger partial charge is 0.290 e. The molecule has 0 spiro atoms. The van der Waals surface area contributed by atoms with E-state index in [4.69, 9.17) is 4.42 Å². The molecule has 0 saturated carbocycles. The number of carbonyl (C=O) groups excluding carboxylic acids is 1. The summed E-state index contributed by atoms with van der Waals surface area (Å²) in [5.74, 6) is -0.101. The van der Waals surface area contributed by atoms with Crippen LogP contribution in [0.2, 0.25) is 0 Å². The number of amides is 1. The average molecular weight is 305 g/mol. The predicted molar refractivity (Wildman–Crippen MR) is 87.6 cm³/mol. The van der Waals surface area contributed by atoms with Crippen LogP contribution in [0.4, 0.5) is 0 Å². The van der Waals surface area contributed by atoms with Crippen molar-refractivity contribution in [2.75, 3.05) is 7.05 Å². The first-order valence-electron chi connectivity index (χ1n) is 7.47. The molecular formula is C19H15NO3. The quantitative estimate of drug-likeness (QED) is 0.693. The molecule has 0 N–H and O–H groups in total. The molecule has 4 nitrogen and oxygen atoms in total. The van der Waals surface area contributed by atoms with Gasteiger partial charge in [0.25, 0.3) is 5.91 Å². The second kappa shape index (κ2) is 4.81. The van der Waals surface area contributed by atoms with Gasteiger partial charge in [-0.15, -0.1) is 0 Å². The molecule has 2 heterocycles. The summed E-state index contributed by atoms with van der Waals surface area (Å²) >= 11 is 0. The van der Waals surface area contributed by atoms with Crippen LogP contribution in [0.15, 0.2) is 57.7 Å². The molecule has 23 heavy (non-hydrogen) atoms. The number of aryl methyl sites for hydroxylation is 1. The van der Waals surface area contributed by atoms with E-state index in [2.05, 4.69) is 0 Å². The molecule has 2 aromatic carbocycles. The molecule has 0 saturated heterocycles. The Hall–Kier alpha value is -2.88. The van der Waals surface area contributed by atoms with Gasteiger partial charge in [0.1, 0.15) is 5.58 Å². The van der Waals surface area contributed by atoms with Crippen LogP contribution >= 0.6 is 0 Å². The van der Waals surface area contributed by atoms with E-state index in [0.29, 0.717) is 16.5 Å². The minimum atomic E-state index is -0.403. The Morgan fingerprint density at radius 2 is 1.78 bits per heavy atom. The maximum Gasteiger partial charge on any atom is 0.290 e. The van der Waals surface area contributed by atoms with Crippen molar-refractivity contribution in [3.05, 3.63) is 81.2 Å². The van der Waals surface area contributed by atoms with E-state index in [1.807, 2.05) is 49.4 Å². The van der Waals surface area contributed by atoms with Crippen molar-refractivity contribution in [2.45, 2.75) is 13.0 Å². The van der Waals surface area contributed by atoms with E-state index >= 15 is 0 Å². The predicted octanol–water partition coefficient (Wildman–Crippen LogP) is 3.28. The van der Waals surface area contributed by atoms with E-state index < -0.39 is 6.04 Å². The van der Waals surface area contributed by atoms with Gasteiger partial charge in [-0.3, -0.25) is 9.59 Å². The van der Waals surface area contributed by atoms with Crippen molar-refractivity contribution in [1.82, 2.24) is 4.90 Å². The highest BCUT2D eigenvalue weighted by atomic mass is 16.3. The fraction of sp³-hybridized carbons (Fsp3) is 0.158. The molecule has 0 fully saturated rings. The fourth-order valence-corrected chi connectivity index (χ4v) is 3.23.